The highest BCUT2D eigenvalue weighted by Gasteiger charge is 1.96. The molecule has 2 aromatic rings. The van der Waals surface area contributed by atoms with Crippen molar-refractivity contribution in [3.63, 3.8) is 0 Å². The fourth-order valence-corrected chi connectivity index (χ4v) is 2.14. The van der Waals surface area contributed by atoms with E-state index in [1.165, 1.54) is 5.56 Å². The minimum Gasteiger partial charge on any atom is -0.497 e. The molecule has 0 aliphatic rings. The lowest BCUT2D eigenvalue weighted by Gasteiger charge is -2.07. The van der Waals surface area contributed by atoms with Crippen molar-refractivity contribution in [1.29, 1.82) is 5.26 Å². The first kappa shape index (κ1) is 17.0. The normalized spacial score (nSPS) is 10.3. The summed E-state index contributed by atoms with van der Waals surface area (Å²) in [6.45, 7) is 3.07. The summed E-state index contributed by atoms with van der Waals surface area (Å²) in [6, 6.07) is 17.7. The number of ether oxygens (including phenoxy) is 2. The number of nitrogens with one attached hydrogen (secondary N) is 1. The van der Waals surface area contributed by atoms with Gasteiger partial charge in [0.05, 0.1) is 25.3 Å². The van der Waals surface area contributed by atoms with Gasteiger partial charge in [-0.3, -0.25) is 0 Å². The van der Waals surface area contributed by atoms with Gasteiger partial charge in [0.1, 0.15) is 5.75 Å². The van der Waals surface area contributed by atoms with Crippen LogP contribution in [0.2, 0.25) is 0 Å². The molecule has 1 N–H and O–H groups in total. The Kier molecular flexibility index (Phi) is 7.12. The van der Waals surface area contributed by atoms with Gasteiger partial charge in [-0.05, 0) is 48.4 Å². The molecule has 0 unspecified atom stereocenters. The number of rotatable bonds is 9. The summed E-state index contributed by atoms with van der Waals surface area (Å²) < 4.78 is 10.8. The summed E-state index contributed by atoms with van der Waals surface area (Å²) in [7, 11) is 1.66. The van der Waals surface area contributed by atoms with Crippen LogP contribution >= 0.6 is 0 Å². The molecule has 0 bridgehead atoms. The number of nitriles is 1. The van der Waals surface area contributed by atoms with Gasteiger partial charge >= 0.3 is 0 Å². The Hall–Kier alpha value is -2.35. The maximum atomic E-state index is 8.75. The smallest absolute Gasteiger partial charge is 0.118 e. The van der Waals surface area contributed by atoms with Gasteiger partial charge in [0.2, 0.25) is 0 Å². The number of benzene rings is 2. The lowest BCUT2D eigenvalue weighted by molar-refractivity contribution is 0.118. The highest BCUT2D eigenvalue weighted by Crippen LogP contribution is 2.11. The molecular formula is C19H22N2O2. The van der Waals surface area contributed by atoms with Crippen LogP contribution in [0.15, 0.2) is 48.5 Å². The van der Waals surface area contributed by atoms with Crippen molar-refractivity contribution in [2.24, 2.45) is 0 Å². The Balaban J connectivity index is 1.54. The van der Waals surface area contributed by atoms with Gasteiger partial charge in [-0.15, -0.1) is 0 Å². The Morgan fingerprint density at radius 1 is 1.00 bits per heavy atom. The summed E-state index contributed by atoms with van der Waals surface area (Å²) >= 11 is 0. The Bertz CT molecular complexity index is 615. The second-order valence-corrected chi connectivity index (χ2v) is 5.24. The average molecular weight is 310 g/mol. The SMILES string of the molecule is COc1ccc(COCCCNCc2ccc(C#N)cc2)cc1. The lowest BCUT2D eigenvalue weighted by atomic mass is 10.1. The molecule has 4 nitrogen and oxygen atoms in total. The van der Waals surface area contributed by atoms with Crippen molar-refractivity contribution in [2.45, 2.75) is 19.6 Å². The standard InChI is InChI=1S/C19H22N2O2/c1-22-19-9-7-18(8-10-19)15-23-12-2-11-21-14-17-5-3-16(13-20)4-6-17/h3-10,21H,2,11-12,14-15H2,1H3. The molecule has 120 valence electrons. The van der Waals surface area contributed by atoms with Gasteiger partial charge in [0.15, 0.2) is 0 Å². The molecule has 0 atom stereocenters. The van der Waals surface area contributed by atoms with E-state index in [1.807, 2.05) is 48.5 Å². The van der Waals surface area contributed by atoms with Crippen LogP contribution in [0.4, 0.5) is 0 Å². The molecule has 0 aromatic heterocycles. The zero-order valence-electron chi connectivity index (χ0n) is 13.4. The van der Waals surface area contributed by atoms with E-state index < -0.39 is 0 Å². The van der Waals surface area contributed by atoms with Crippen molar-refractivity contribution >= 4 is 0 Å². The predicted octanol–water partition coefficient (Wildman–Crippen LogP) is 3.26. The van der Waals surface area contributed by atoms with E-state index in [-0.39, 0.29) is 0 Å². The average Bonchev–Trinajstić information content (AvgIpc) is 2.62. The van der Waals surface area contributed by atoms with Crippen molar-refractivity contribution in [3.05, 3.63) is 65.2 Å². The number of hydrogen-bond donors (Lipinski definition) is 1. The topological polar surface area (TPSA) is 54.3 Å². The van der Waals surface area contributed by atoms with E-state index in [2.05, 4.69) is 11.4 Å². The second kappa shape index (κ2) is 9.62. The highest BCUT2D eigenvalue weighted by molar-refractivity contribution is 5.31. The maximum absolute atomic E-state index is 8.75. The summed E-state index contributed by atoms with van der Waals surface area (Å²) in [6.07, 6.45) is 0.965. The molecule has 0 aliphatic heterocycles. The molecule has 0 heterocycles. The van der Waals surface area contributed by atoms with Crippen LogP contribution in [0.5, 0.6) is 5.75 Å². The zero-order chi connectivity index (χ0) is 16.3. The summed E-state index contributed by atoms with van der Waals surface area (Å²) in [4.78, 5) is 0. The van der Waals surface area contributed by atoms with E-state index >= 15 is 0 Å². The molecule has 0 fully saturated rings. The van der Waals surface area contributed by atoms with E-state index in [0.717, 1.165) is 37.4 Å². The molecule has 2 aromatic carbocycles. The Morgan fingerprint density at radius 3 is 2.35 bits per heavy atom. The summed E-state index contributed by atoms with van der Waals surface area (Å²) in [5.74, 6) is 0.862. The monoisotopic (exact) mass is 310 g/mol. The van der Waals surface area contributed by atoms with Crippen LogP contribution in [0.3, 0.4) is 0 Å². The third-order valence-electron chi connectivity index (χ3n) is 3.48. The third kappa shape index (κ3) is 6.11. The molecule has 0 saturated heterocycles. The van der Waals surface area contributed by atoms with Crippen LogP contribution in [0.25, 0.3) is 0 Å². The number of methoxy groups -OCH3 is 1. The van der Waals surface area contributed by atoms with Crippen molar-refractivity contribution < 1.29 is 9.47 Å². The minimum atomic E-state index is 0.625. The molecule has 0 radical (unpaired) electrons. The van der Waals surface area contributed by atoms with Gasteiger partial charge in [-0.2, -0.15) is 5.26 Å². The van der Waals surface area contributed by atoms with Gasteiger partial charge in [-0.1, -0.05) is 24.3 Å². The molecule has 0 saturated carbocycles. The molecule has 23 heavy (non-hydrogen) atoms. The molecule has 0 spiro atoms. The fourth-order valence-electron chi connectivity index (χ4n) is 2.14. The Morgan fingerprint density at radius 2 is 1.70 bits per heavy atom. The van der Waals surface area contributed by atoms with E-state index in [4.69, 9.17) is 14.7 Å². The highest BCUT2D eigenvalue weighted by atomic mass is 16.5. The Labute approximate surface area is 137 Å². The summed E-state index contributed by atoms with van der Waals surface area (Å²) in [5, 5.41) is 12.1. The van der Waals surface area contributed by atoms with Crippen LogP contribution < -0.4 is 10.1 Å². The lowest BCUT2D eigenvalue weighted by Crippen LogP contribution is -2.16. The van der Waals surface area contributed by atoms with Crippen molar-refractivity contribution in [3.8, 4) is 11.8 Å². The van der Waals surface area contributed by atoms with E-state index in [0.29, 0.717) is 12.2 Å². The van der Waals surface area contributed by atoms with Gasteiger partial charge in [0, 0.05) is 13.2 Å². The van der Waals surface area contributed by atoms with Crippen LogP contribution in [-0.2, 0) is 17.9 Å². The van der Waals surface area contributed by atoms with Gasteiger partial charge < -0.3 is 14.8 Å². The van der Waals surface area contributed by atoms with E-state index in [1.54, 1.807) is 7.11 Å². The minimum absolute atomic E-state index is 0.625. The molecule has 0 amide bonds. The fraction of sp³-hybridized carbons (Fsp3) is 0.316. The zero-order valence-corrected chi connectivity index (χ0v) is 13.4. The second-order valence-electron chi connectivity index (χ2n) is 5.24. The molecule has 0 aliphatic carbocycles. The van der Waals surface area contributed by atoms with Crippen LogP contribution in [0.1, 0.15) is 23.1 Å². The van der Waals surface area contributed by atoms with Crippen molar-refractivity contribution in [2.75, 3.05) is 20.3 Å². The molecule has 4 heteroatoms. The molecular weight excluding hydrogens is 288 g/mol. The first-order valence-electron chi connectivity index (χ1n) is 7.72. The van der Waals surface area contributed by atoms with Crippen LogP contribution in [-0.4, -0.2) is 20.3 Å². The predicted molar refractivity (Wildman–Crippen MR) is 90.1 cm³/mol. The number of hydrogen-bond acceptors (Lipinski definition) is 4. The van der Waals surface area contributed by atoms with Gasteiger partial charge in [0.25, 0.3) is 0 Å². The first-order chi connectivity index (χ1) is 11.3. The van der Waals surface area contributed by atoms with Crippen LogP contribution in [0, 0.1) is 11.3 Å². The third-order valence-corrected chi connectivity index (χ3v) is 3.48. The quantitative estimate of drug-likeness (QED) is 0.722. The largest absolute Gasteiger partial charge is 0.497 e. The first-order valence-corrected chi connectivity index (χ1v) is 7.72. The molecule has 2 rings (SSSR count). The maximum Gasteiger partial charge on any atom is 0.118 e. The number of nitrogens with zero attached hydrogens (tertiary/aromatic N) is 1. The van der Waals surface area contributed by atoms with Crippen molar-refractivity contribution in [1.82, 2.24) is 5.32 Å². The summed E-state index contributed by atoms with van der Waals surface area (Å²) in [5.41, 5.74) is 3.03. The van der Waals surface area contributed by atoms with E-state index in [9.17, 15) is 0 Å². The van der Waals surface area contributed by atoms with Gasteiger partial charge in [-0.25, -0.2) is 0 Å².